The van der Waals surface area contributed by atoms with Crippen molar-refractivity contribution in [1.29, 1.82) is 0 Å². The molecule has 2 atom stereocenters. The molecule has 1 saturated heterocycles. The molecule has 2 rings (SSSR count). The molecule has 0 spiro atoms. The molecule has 1 aliphatic heterocycles. The van der Waals surface area contributed by atoms with Gasteiger partial charge in [0.05, 0.1) is 0 Å². The second-order valence-corrected chi connectivity index (χ2v) is 4.74. The van der Waals surface area contributed by atoms with E-state index in [9.17, 15) is 13.2 Å². The van der Waals surface area contributed by atoms with Crippen LogP contribution >= 0.6 is 0 Å². The van der Waals surface area contributed by atoms with Crippen molar-refractivity contribution >= 4 is 5.69 Å². The van der Waals surface area contributed by atoms with E-state index in [2.05, 4.69) is 4.98 Å². The van der Waals surface area contributed by atoms with Crippen molar-refractivity contribution < 1.29 is 13.2 Å². The number of rotatable bonds is 2. The Labute approximate surface area is 104 Å². The Hall–Kier alpha value is -1.30. The molecule has 1 aliphatic rings. The molecule has 100 valence electrons. The van der Waals surface area contributed by atoms with Gasteiger partial charge in [-0.1, -0.05) is 0 Å². The summed E-state index contributed by atoms with van der Waals surface area (Å²) < 4.78 is 37.8. The molecular weight excluding hydrogens is 243 g/mol. The number of nitrogens with two attached hydrogens (primary N) is 1. The van der Waals surface area contributed by atoms with E-state index in [0.29, 0.717) is 24.7 Å². The molecule has 0 saturated carbocycles. The van der Waals surface area contributed by atoms with E-state index in [4.69, 9.17) is 5.73 Å². The van der Waals surface area contributed by atoms with Gasteiger partial charge >= 0.3 is 6.18 Å². The highest BCUT2D eigenvalue weighted by Gasteiger charge is 2.34. The first kappa shape index (κ1) is 13.1. The molecule has 1 fully saturated rings. The molecule has 0 amide bonds. The average Bonchev–Trinajstić information content (AvgIpc) is 2.70. The minimum atomic E-state index is -4.40. The van der Waals surface area contributed by atoms with Crippen LogP contribution < -0.4 is 10.6 Å². The van der Waals surface area contributed by atoms with Crippen molar-refractivity contribution in [2.75, 3.05) is 18.0 Å². The van der Waals surface area contributed by atoms with E-state index in [1.54, 1.807) is 6.07 Å². The van der Waals surface area contributed by atoms with Gasteiger partial charge in [0.15, 0.2) is 0 Å². The first-order chi connectivity index (χ1) is 8.41. The van der Waals surface area contributed by atoms with E-state index in [0.717, 1.165) is 12.5 Å². The van der Waals surface area contributed by atoms with Gasteiger partial charge in [0.2, 0.25) is 0 Å². The van der Waals surface area contributed by atoms with Crippen LogP contribution in [0.5, 0.6) is 0 Å². The number of pyridine rings is 1. The van der Waals surface area contributed by atoms with Gasteiger partial charge in [-0.3, -0.25) is 4.98 Å². The van der Waals surface area contributed by atoms with Crippen LogP contribution in [0.2, 0.25) is 0 Å². The predicted molar refractivity (Wildman–Crippen MR) is 63.2 cm³/mol. The molecule has 1 aromatic rings. The minimum absolute atomic E-state index is 0.210. The first-order valence-corrected chi connectivity index (χ1v) is 5.91. The monoisotopic (exact) mass is 259 g/mol. The lowest BCUT2D eigenvalue weighted by Gasteiger charge is -2.24. The van der Waals surface area contributed by atoms with Crippen LogP contribution in [0.3, 0.4) is 0 Å². The maximum Gasteiger partial charge on any atom is 0.433 e. The van der Waals surface area contributed by atoms with Crippen molar-refractivity contribution in [3.05, 3.63) is 24.0 Å². The van der Waals surface area contributed by atoms with Gasteiger partial charge in [0, 0.05) is 24.5 Å². The Balaban J connectivity index is 2.24. The SMILES string of the molecule is CC1CC(CN)CN1c1ccnc(C(F)(F)F)c1. The van der Waals surface area contributed by atoms with Crippen LogP contribution in [0, 0.1) is 5.92 Å². The van der Waals surface area contributed by atoms with E-state index in [-0.39, 0.29) is 6.04 Å². The molecule has 3 nitrogen and oxygen atoms in total. The maximum atomic E-state index is 12.6. The number of nitrogens with zero attached hydrogens (tertiary/aromatic N) is 2. The fourth-order valence-corrected chi connectivity index (χ4v) is 2.43. The summed E-state index contributed by atoms with van der Waals surface area (Å²) in [5.41, 5.74) is 5.34. The van der Waals surface area contributed by atoms with Gasteiger partial charge in [0.25, 0.3) is 0 Å². The number of hydrogen-bond donors (Lipinski definition) is 1. The average molecular weight is 259 g/mol. The quantitative estimate of drug-likeness (QED) is 0.886. The fraction of sp³-hybridized carbons (Fsp3) is 0.583. The summed E-state index contributed by atoms with van der Waals surface area (Å²) in [6.07, 6.45) is -2.27. The van der Waals surface area contributed by atoms with Crippen molar-refractivity contribution in [3.8, 4) is 0 Å². The van der Waals surface area contributed by atoms with Crippen LogP contribution in [0.1, 0.15) is 19.0 Å². The number of hydrogen-bond acceptors (Lipinski definition) is 3. The normalized spacial score (nSPS) is 24.6. The Kier molecular flexibility index (Phi) is 3.47. The number of halogens is 3. The molecule has 0 aliphatic carbocycles. The van der Waals surface area contributed by atoms with Crippen molar-refractivity contribution in [2.24, 2.45) is 11.7 Å². The van der Waals surface area contributed by atoms with Crippen LogP contribution in [0.4, 0.5) is 18.9 Å². The van der Waals surface area contributed by atoms with E-state index >= 15 is 0 Å². The molecule has 18 heavy (non-hydrogen) atoms. The molecule has 1 aromatic heterocycles. The van der Waals surface area contributed by atoms with E-state index < -0.39 is 11.9 Å². The van der Waals surface area contributed by atoms with Gasteiger partial charge < -0.3 is 10.6 Å². The third kappa shape index (κ3) is 2.58. The van der Waals surface area contributed by atoms with Crippen molar-refractivity contribution in [1.82, 2.24) is 4.98 Å². The number of anilines is 1. The van der Waals surface area contributed by atoms with Crippen molar-refractivity contribution in [3.63, 3.8) is 0 Å². The first-order valence-electron chi connectivity index (χ1n) is 5.91. The van der Waals surface area contributed by atoms with Crippen LogP contribution in [-0.4, -0.2) is 24.1 Å². The fourth-order valence-electron chi connectivity index (χ4n) is 2.43. The lowest BCUT2D eigenvalue weighted by atomic mass is 10.1. The summed E-state index contributed by atoms with van der Waals surface area (Å²) in [5.74, 6) is 0.350. The van der Waals surface area contributed by atoms with Crippen molar-refractivity contribution in [2.45, 2.75) is 25.6 Å². The Morgan fingerprint density at radius 3 is 2.78 bits per heavy atom. The van der Waals surface area contributed by atoms with Gasteiger partial charge in [-0.2, -0.15) is 13.2 Å². The van der Waals surface area contributed by atoms with Crippen LogP contribution in [-0.2, 0) is 6.18 Å². The molecule has 6 heteroatoms. The van der Waals surface area contributed by atoms with Gasteiger partial charge in [0.1, 0.15) is 5.69 Å². The third-order valence-electron chi connectivity index (χ3n) is 3.36. The highest BCUT2D eigenvalue weighted by atomic mass is 19.4. The molecule has 2 heterocycles. The van der Waals surface area contributed by atoms with Crippen LogP contribution in [0.25, 0.3) is 0 Å². The highest BCUT2D eigenvalue weighted by molar-refractivity contribution is 5.49. The topological polar surface area (TPSA) is 42.1 Å². The molecular formula is C12H16F3N3. The standard InChI is InChI=1S/C12H16F3N3/c1-8-4-9(6-16)7-18(8)10-2-3-17-11(5-10)12(13,14)15/h2-3,5,8-9H,4,6-7,16H2,1H3. The largest absolute Gasteiger partial charge is 0.433 e. The second-order valence-electron chi connectivity index (χ2n) is 4.74. The molecule has 0 bridgehead atoms. The predicted octanol–water partition coefficient (Wildman–Crippen LogP) is 2.27. The lowest BCUT2D eigenvalue weighted by molar-refractivity contribution is -0.141. The van der Waals surface area contributed by atoms with Gasteiger partial charge in [-0.25, -0.2) is 0 Å². The second kappa shape index (κ2) is 4.76. The zero-order valence-electron chi connectivity index (χ0n) is 10.1. The van der Waals surface area contributed by atoms with Crippen LogP contribution in [0.15, 0.2) is 18.3 Å². The highest BCUT2D eigenvalue weighted by Crippen LogP contribution is 2.33. The maximum absolute atomic E-state index is 12.6. The molecule has 0 radical (unpaired) electrons. The summed E-state index contributed by atoms with van der Waals surface area (Å²) in [7, 11) is 0. The van der Waals surface area contributed by atoms with E-state index in [1.165, 1.54) is 6.20 Å². The summed E-state index contributed by atoms with van der Waals surface area (Å²) in [6, 6.07) is 2.93. The van der Waals surface area contributed by atoms with Gasteiger partial charge in [-0.05, 0) is 37.9 Å². The van der Waals surface area contributed by atoms with Gasteiger partial charge in [-0.15, -0.1) is 0 Å². The molecule has 2 N–H and O–H groups in total. The zero-order valence-corrected chi connectivity index (χ0v) is 10.1. The molecule has 0 aromatic carbocycles. The number of alkyl halides is 3. The van der Waals surface area contributed by atoms with E-state index in [1.807, 2.05) is 11.8 Å². The Bertz CT molecular complexity index is 419. The summed E-state index contributed by atoms with van der Waals surface area (Å²) >= 11 is 0. The minimum Gasteiger partial charge on any atom is -0.368 e. The summed E-state index contributed by atoms with van der Waals surface area (Å²) in [4.78, 5) is 5.34. The Morgan fingerprint density at radius 1 is 1.50 bits per heavy atom. The third-order valence-corrected chi connectivity index (χ3v) is 3.36. The summed E-state index contributed by atoms with van der Waals surface area (Å²) in [6.45, 7) is 3.28. The zero-order chi connectivity index (χ0) is 13.3. The smallest absolute Gasteiger partial charge is 0.368 e. The Morgan fingerprint density at radius 2 is 2.22 bits per heavy atom. The lowest BCUT2D eigenvalue weighted by Crippen LogP contribution is -2.28. The summed E-state index contributed by atoms with van der Waals surface area (Å²) in [5, 5.41) is 0. The molecule has 2 unspecified atom stereocenters. The number of aromatic nitrogens is 1.